The fraction of sp³-hybridized carbons (Fsp3) is 0.423. The van der Waals surface area contributed by atoms with Crippen molar-refractivity contribution in [2.45, 2.75) is 57.3 Å². The number of hydrogen-bond acceptors (Lipinski definition) is 4. The van der Waals surface area contributed by atoms with Crippen LogP contribution in [0.25, 0.3) is 0 Å². The van der Waals surface area contributed by atoms with Crippen LogP contribution in [0.2, 0.25) is 0 Å². The molecule has 0 bridgehead atoms. The highest BCUT2D eigenvalue weighted by Crippen LogP contribution is 2.31. The summed E-state index contributed by atoms with van der Waals surface area (Å²) in [6.07, 6.45) is -1.51. The summed E-state index contributed by atoms with van der Waals surface area (Å²) in [7, 11) is 0. The SMILES string of the molecule is O=C(O)C[C@H]1CC[C@H](OC(=O)N2CCc3cc(NC(=O)Nc4ccc(C(F)(F)F)cc4)ccc3C2)CC1. The number of urea groups is 1. The number of benzene rings is 2. The summed E-state index contributed by atoms with van der Waals surface area (Å²) in [4.78, 5) is 37.5. The Hall–Kier alpha value is -3.76. The van der Waals surface area contributed by atoms with Crippen LogP contribution >= 0.6 is 0 Å². The van der Waals surface area contributed by atoms with Gasteiger partial charge in [0, 0.05) is 30.9 Å². The van der Waals surface area contributed by atoms with Gasteiger partial charge in [-0.15, -0.1) is 0 Å². The summed E-state index contributed by atoms with van der Waals surface area (Å²) in [6, 6.07) is 8.91. The molecular formula is C26H28F3N3O5. The smallest absolute Gasteiger partial charge is 0.416 e. The fourth-order valence-electron chi connectivity index (χ4n) is 4.74. The Balaban J connectivity index is 1.26. The summed E-state index contributed by atoms with van der Waals surface area (Å²) < 4.78 is 43.7. The largest absolute Gasteiger partial charge is 0.481 e. The molecule has 37 heavy (non-hydrogen) atoms. The average molecular weight is 520 g/mol. The molecule has 2 aromatic carbocycles. The van der Waals surface area contributed by atoms with Gasteiger partial charge in [0.1, 0.15) is 6.10 Å². The van der Waals surface area contributed by atoms with Crippen LogP contribution in [0.1, 0.15) is 48.8 Å². The van der Waals surface area contributed by atoms with Crippen molar-refractivity contribution in [1.29, 1.82) is 0 Å². The van der Waals surface area contributed by atoms with Crippen LogP contribution in [-0.2, 0) is 28.7 Å². The molecule has 198 valence electrons. The Morgan fingerprint density at radius 1 is 0.946 bits per heavy atom. The zero-order chi connectivity index (χ0) is 26.6. The summed E-state index contributed by atoms with van der Waals surface area (Å²) in [6.45, 7) is 0.835. The number of nitrogens with zero attached hydrogens (tertiary/aromatic N) is 1. The van der Waals surface area contributed by atoms with E-state index in [1.807, 2.05) is 12.1 Å². The van der Waals surface area contributed by atoms with Gasteiger partial charge in [0.05, 0.1) is 5.56 Å². The number of amides is 3. The standard InChI is InChI=1S/C26H28F3N3O5/c27-26(28,29)19-4-7-20(8-5-19)30-24(35)31-21-6-3-18-15-32(12-11-17(18)14-21)25(36)37-22-9-1-16(2-10-22)13-23(33)34/h3-8,14,16,22H,1-2,9-13,15H2,(H,33,34)(H2,30,31,35)/t16-,22-. The molecule has 1 heterocycles. The Morgan fingerprint density at radius 3 is 2.24 bits per heavy atom. The molecular weight excluding hydrogens is 491 g/mol. The lowest BCUT2D eigenvalue weighted by molar-refractivity contribution is -0.139. The molecule has 1 aliphatic carbocycles. The topological polar surface area (TPSA) is 108 Å². The first-order valence-corrected chi connectivity index (χ1v) is 12.1. The molecule has 0 spiro atoms. The number of halogens is 3. The average Bonchev–Trinajstić information content (AvgIpc) is 2.84. The molecule has 0 saturated heterocycles. The van der Waals surface area contributed by atoms with Gasteiger partial charge >= 0.3 is 24.3 Å². The number of fused-ring (bicyclic) bond motifs is 1. The van der Waals surface area contributed by atoms with Crippen LogP contribution in [0, 0.1) is 5.92 Å². The number of hydrogen-bond donors (Lipinski definition) is 3. The zero-order valence-corrected chi connectivity index (χ0v) is 20.0. The van der Waals surface area contributed by atoms with Crippen molar-refractivity contribution >= 4 is 29.5 Å². The van der Waals surface area contributed by atoms with Crippen LogP contribution in [0.3, 0.4) is 0 Å². The third kappa shape index (κ3) is 7.14. The number of carbonyl (C=O) groups excluding carboxylic acids is 2. The van der Waals surface area contributed by atoms with E-state index in [0.29, 0.717) is 38.0 Å². The number of ether oxygens (including phenoxy) is 1. The summed E-state index contributed by atoms with van der Waals surface area (Å²) in [5.41, 5.74) is 1.87. The van der Waals surface area contributed by atoms with E-state index in [4.69, 9.17) is 9.84 Å². The Bertz CT molecular complexity index is 1150. The van der Waals surface area contributed by atoms with Crippen molar-refractivity contribution < 1.29 is 37.4 Å². The number of carbonyl (C=O) groups is 3. The third-order valence-electron chi connectivity index (χ3n) is 6.73. The number of carboxylic acids is 1. The predicted molar refractivity (Wildman–Crippen MR) is 129 cm³/mol. The zero-order valence-electron chi connectivity index (χ0n) is 20.0. The molecule has 1 fully saturated rings. The lowest BCUT2D eigenvalue weighted by Crippen LogP contribution is -2.39. The maximum absolute atomic E-state index is 12.7. The lowest BCUT2D eigenvalue weighted by Gasteiger charge is -2.32. The highest BCUT2D eigenvalue weighted by atomic mass is 19.4. The van der Waals surface area contributed by atoms with Crippen molar-refractivity contribution in [2.75, 3.05) is 17.2 Å². The minimum atomic E-state index is -4.45. The van der Waals surface area contributed by atoms with E-state index < -0.39 is 23.7 Å². The molecule has 3 amide bonds. The number of carboxylic acid groups (broad SMARTS) is 1. The van der Waals surface area contributed by atoms with E-state index >= 15 is 0 Å². The van der Waals surface area contributed by atoms with E-state index in [0.717, 1.165) is 36.1 Å². The molecule has 8 nitrogen and oxygen atoms in total. The predicted octanol–water partition coefficient (Wildman–Crippen LogP) is 5.88. The van der Waals surface area contributed by atoms with Crippen LogP contribution in [0.5, 0.6) is 0 Å². The Labute approximate surface area is 211 Å². The van der Waals surface area contributed by atoms with E-state index in [1.165, 1.54) is 12.1 Å². The van der Waals surface area contributed by atoms with Gasteiger partial charge in [-0.1, -0.05) is 6.07 Å². The first-order chi connectivity index (χ1) is 17.6. The normalized spacial score (nSPS) is 19.5. The van der Waals surface area contributed by atoms with Crippen molar-refractivity contribution in [1.82, 2.24) is 4.90 Å². The van der Waals surface area contributed by atoms with Gasteiger partial charge in [-0.25, -0.2) is 9.59 Å². The van der Waals surface area contributed by atoms with Crippen molar-refractivity contribution in [3.8, 4) is 0 Å². The first kappa shape index (κ1) is 26.3. The van der Waals surface area contributed by atoms with Gasteiger partial charge in [-0.3, -0.25) is 4.79 Å². The monoisotopic (exact) mass is 519 g/mol. The Kier molecular flexibility index (Phi) is 7.89. The molecule has 1 saturated carbocycles. The van der Waals surface area contributed by atoms with Gasteiger partial charge < -0.3 is 25.4 Å². The van der Waals surface area contributed by atoms with E-state index in [1.54, 1.807) is 11.0 Å². The van der Waals surface area contributed by atoms with Gasteiger partial charge in [-0.05, 0) is 85.5 Å². The highest BCUT2D eigenvalue weighted by Gasteiger charge is 2.30. The number of nitrogens with one attached hydrogen (secondary N) is 2. The van der Waals surface area contributed by atoms with Gasteiger partial charge in [0.2, 0.25) is 0 Å². The van der Waals surface area contributed by atoms with Crippen LogP contribution < -0.4 is 10.6 Å². The molecule has 4 rings (SSSR count). The number of alkyl halides is 3. The molecule has 0 radical (unpaired) electrons. The lowest BCUT2D eigenvalue weighted by atomic mass is 9.85. The minimum absolute atomic E-state index is 0.133. The second-order valence-corrected chi connectivity index (χ2v) is 9.43. The van der Waals surface area contributed by atoms with Crippen molar-refractivity contribution in [3.05, 3.63) is 59.2 Å². The molecule has 1 aliphatic heterocycles. The fourth-order valence-corrected chi connectivity index (χ4v) is 4.74. The second-order valence-electron chi connectivity index (χ2n) is 9.43. The second kappa shape index (κ2) is 11.1. The van der Waals surface area contributed by atoms with Crippen molar-refractivity contribution in [3.63, 3.8) is 0 Å². The molecule has 0 atom stereocenters. The molecule has 0 aromatic heterocycles. The summed E-state index contributed by atoms with van der Waals surface area (Å²) in [5, 5.41) is 14.1. The molecule has 0 unspecified atom stereocenters. The van der Waals surface area contributed by atoms with Gasteiger partial charge in [0.25, 0.3) is 0 Å². The molecule has 2 aliphatic rings. The van der Waals surface area contributed by atoms with Crippen LogP contribution in [0.15, 0.2) is 42.5 Å². The summed E-state index contributed by atoms with van der Waals surface area (Å²) >= 11 is 0. The summed E-state index contributed by atoms with van der Waals surface area (Å²) in [5.74, 6) is -0.667. The molecule has 3 N–H and O–H groups in total. The van der Waals surface area contributed by atoms with E-state index in [2.05, 4.69) is 10.6 Å². The number of rotatable bonds is 5. The third-order valence-corrected chi connectivity index (χ3v) is 6.73. The maximum Gasteiger partial charge on any atom is 0.416 e. The van der Waals surface area contributed by atoms with Crippen molar-refractivity contribution in [2.24, 2.45) is 5.92 Å². The van der Waals surface area contributed by atoms with E-state index in [-0.39, 0.29) is 30.2 Å². The van der Waals surface area contributed by atoms with E-state index in [9.17, 15) is 27.6 Å². The molecule has 11 heteroatoms. The molecule has 2 aromatic rings. The number of aliphatic carboxylic acids is 1. The van der Waals surface area contributed by atoms with Crippen LogP contribution in [0.4, 0.5) is 34.1 Å². The minimum Gasteiger partial charge on any atom is -0.481 e. The number of anilines is 2. The van der Waals surface area contributed by atoms with Gasteiger partial charge in [-0.2, -0.15) is 13.2 Å². The Morgan fingerprint density at radius 2 is 1.59 bits per heavy atom. The van der Waals surface area contributed by atoms with Crippen LogP contribution in [-0.4, -0.2) is 40.7 Å². The first-order valence-electron chi connectivity index (χ1n) is 12.1. The van der Waals surface area contributed by atoms with Gasteiger partial charge in [0.15, 0.2) is 0 Å². The highest BCUT2D eigenvalue weighted by molar-refractivity contribution is 5.99. The maximum atomic E-state index is 12.7. The quantitative estimate of drug-likeness (QED) is 0.457.